The van der Waals surface area contributed by atoms with Gasteiger partial charge in [-0.2, -0.15) is 0 Å². The number of benzene rings is 3. The predicted molar refractivity (Wildman–Crippen MR) is 125 cm³/mol. The van der Waals surface area contributed by atoms with Crippen molar-refractivity contribution >= 4 is 5.91 Å². The lowest BCUT2D eigenvalue weighted by molar-refractivity contribution is -0.128. The van der Waals surface area contributed by atoms with Crippen molar-refractivity contribution in [3.05, 3.63) is 101 Å². The molecule has 3 aromatic carbocycles. The summed E-state index contributed by atoms with van der Waals surface area (Å²) in [6.45, 7) is 4.08. The first-order chi connectivity index (χ1) is 15.2. The van der Waals surface area contributed by atoms with Gasteiger partial charge in [0.1, 0.15) is 5.75 Å². The largest absolute Gasteiger partial charge is 0.481 e. The minimum Gasteiger partial charge on any atom is -0.481 e. The summed E-state index contributed by atoms with van der Waals surface area (Å²) < 4.78 is 6.18. The van der Waals surface area contributed by atoms with E-state index in [0.717, 1.165) is 35.3 Å². The lowest BCUT2D eigenvalue weighted by atomic mass is 9.92. The lowest BCUT2D eigenvalue weighted by Gasteiger charge is -2.25. The monoisotopic (exact) mass is 413 g/mol. The smallest absolute Gasteiger partial charge is 0.261 e. The van der Waals surface area contributed by atoms with E-state index in [1.54, 1.807) is 0 Å². The summed E-state index contributed by atoms with van der Waals surface area (Å²) in [4.78, 5) is 13.3. The molecule has 0 bridgehead atoms. The first kappa shape index (κ1) is 21.2. The van der Waals surface area contributed by atoms with Gasteiger partial charge in [-0.05, 0) is 79.0 Å². The van der Waals surface area contributed by atoms with Crippen molar-refractivity contribution in [2.24, 2.45) is 0 Å². The van der Waals surface area contributed by atoms with Crippen LogP contribution in [-0.4, -0.2) is 12.0 Å². The Morgan fingerprint density at radius 1 is 0.935 bits per heavy atom. The van der Waals surface area contributed by atoms with E-state index < -0.39 is 6.10 Å². The molecule has 3 nitrogen and oxygen atoms in total. The topological polar surface area (TPSA) is 38.3 Å². The van der Waals surface area contributed by atoms with Crippen LogP contribution < -0.4 is 10.1 Å². The van der Waals surface area contributed by atoms with E-state index >= 15 is 0 Å². The highest BCUT2D eigenvalue weighted by Gasteiger charge is 2.25. The van der Waals surface area contributed by atoms with Gasteiger partial charge >= 0.3 is 0 Å². The Morgan fingerprint density at radius 2 is 1.65 bits per heavy atom. The highest BCUT2D eigenvalue weighted by atomic mass is 16.5. The fourth-order valence-electron chi connectivity index (χ4n) is 4.40. The molecule has 160 valence electrons. The van der Waals surface area contributed by atoms with Gasteiger partial charge in [0.2, 0.25) is 0 Å². The number of hydrogen-bond donors (Lipinski definition) is 1. The zero-order chi connectivity index (χ0) is 21.6. The van der Waals surface area contributed by atoms with Crippen LogP contribution in [0.25, 0.3) is 0 Å². The minimum atomic E-state index is -0.531. The van der Waals surface area contributed by atoms with Crippen molar-refractivity contribution in [2.45, 2.75) is 58.1 Å². The molecule has 1 amide bonds. The van der Waals surface area contributed by atoms with E-state index in [1.807, 2.05) is 43.3 Å². The molecule has 31 heavy (non-hydrogen) atoms. The van der Waals surface area contributed by atoms with Crippen LogP contribution in [0.1, 0.15) is 60.0 Å². The van der Waals surface area contributed by atoms with Crippen LogP contribution in [0.4, 0.5) is 0 Å². The number of rotatable bonds is 7. The molecular formula is C28H31NO2. The SMILES string of the molecule is CCC(Oc1ccc2c(c1)CCCC2)C(=O)NC(c1ccccc1)c1ccccc1C. The average molecular weight is 414 g/mol. The number of aryl methyl sites for hydroxylation is 3. The fourth-order valence-corrected chi connectivity index (χ4v) is 4.40. The predicted octanol–water partition coefficient (Wildman–Crippen LogP) is 5.94. The highest BCUT2D eigenvalue weighted by Crippen LogP contribution is 2.28. The first-order valence-corrected chi connectivity index (χ1v) is 11.3. The quantitative estimate of drug-likeness (QED) is 0.521. The van der Waals surface area contributed by atoms with Gasteiger partial charge in [0.25, 0.3) is 5.91 Å². The second kappa shape index (κ2) is 9.82. The molecule has 2 unspecified atom stereocenters. The van der Waals surface area contributed by atoms with Crippen LogP contribution in [0.15, 0.2) is 72.8 Å². The summed E-state index contributed by atoms with van der Waals surface area (Å²) in [7, 11) is 0. The van der Waals surface area contributed by atoms with E-state index in [1.165, 1.54) is 24.0 Å². The molecule has 2 atom stereocenters. The molecule has 0 saturated heterocycles. The van der Waals surface area contributed by atoms with Crippen molar-refractivity contribution in [1.29, 1.82) is 0 Å². The number of fused-ring (bicyclic) bond motifs is 1. The van der Waals surface area contributed by atoms with E-state index in [2.05, 4.69) is 48.6 Å². The lowest BCUT2D eigenvalue weighted by Crippen LogP contribution is -2.40. The van der Waals surface area contributed by atoms with Gasteiger partial charge in [0.15, 0.2) is 6.10 Å². The van der Waals surface area contributed by atoms with Crippen molar-refractivity contribution in [3.8, 4) is 5.75 Å². The molecule has 0 aromatic heterocycles. The molecule has 1 N–H and O–H groups in total. The Morgan fingerprint density at radius 3 is 2.39 bits per heavy atom. The van der Waals surface area contributed by atoms with Crippen LogP contribution in [0.2, 0.25) is 0 Å². The summed E-state index contributed by atoms with van der Waals surface area (Å²) >= 11 is 0. The van der Waals surface area contributed by atoms with Crippen LogP contribution in [0.3, 0.4) is 0 Å². The van der Waals surface area contributed by atoms with Gasteiger partial charge in [0, 0.05) is 0 Å². The zero-order valence-corrected chi connectivity index (χ0v) is 18.4. The molecule has 1 aliphatic rings. The standard InChI is InChI=1S/C28H31NO2/c1-3-26(31-24-18-17-21-12-8-9-15-23(21)19-24)28(30)29-27(22-13-5-4-6-14-22)25-16-10-7-11-20(25)2/h4-7,10-11,13-14,16-19,26-27H,3,8-9,12,15H2,1-2H3,(H,29,30). The van der Waals surface area contributed by atoms with Crippen LogP contribution >= 0.6 is 0 Å². The van der Waals surface area contributed by atoms with Gasteiger partial charge in [-0.1, -0.05) is 67.6 Å². The maximum absolute atomic E-state index is 13.3. The third-order valence-electron chi connectivity index (χ3n) is 6.18. The molecule has 0 heterocycles. The Labute approximate surface area is 185 Å². The Bertz CT molecular complexity index is 1030. The number of carbonyl (C=O) groups excluding carboxylic acids is 1. The van der Waals surface area contributed by atoms with E-state index in [-0.39, 0.29) is 11.9 Å². The maximum atomic E-state index is 13.3. The summed E-state index contributed by atoms with van der Waals surface area (Å²) in [5, 5.41) is 3.26. The number of nitrogens with one attached hydrogen (secondary N) is 1. The molecule has 3 aromatic rings. The maximum Gasteiger partial charge on any atom is 0.261 e. The summed E-state index contributed by atoms with van der Waals surface area (Å²) in [6, 6.07) is 24.4. The summed E-state index contributed by atoms with van der Waals surface area (Å²) in [6.07, 6.45) is 4.80. The first-order valence-electron chi connectivity index (χ1n) is 11.3. The van der Waals surface area contributed by atoms with E-state index in [4.69, 9.17) is 4.74 Å². The molecule has 0 aliphatic heterocycles. The van der Waals surface area contributed by atoms with Crippen LogP contribution in [0, 0.1) is 6.92 Å². The van der Waals surface area contributed by atoms with Crippen molar-refractivity contribution in [3.63, 3.8) is 0 Å². The molecule has 3 heteroatoms. The average Bonchev–Trinajstić information content (AvgIpc) is 2.82. The normalized spacial score (nSPS) is 14.9. The second-order valence-corrected chi connectivity index (χ2v) is 8.36. The van der Waals surface area contributed by atoms with Gasteiger partial charge in [-0.3, -0.25) is 4.79 Å². The molecule has 0 saturated carbocycles. The van der Waals surface area contributed by atoms with Crippen LogP contribution in [0.5, 0.6) is 5.75 Å². The van der Waals surface area contributed by atoms with Gasteiger partial charge in [-0.15, -0.1) is 0 Å². The summed E-state index contributed by atoms with van der Waals surface area (Å²) in [5.41, 5.74) is 6.10. The molecule has 0 fully saturated rings. The van der Waals surface area contributed by atoms with Gasteiger partial charge in [0.05, 0.1) is 6.04 Å². The third-order valence-corrected chi connectivity index (χ3v) is 6.18. The molecule has 0 spiro atoms. The van der Waals surface area contributed by atoms with Crippen molar-refractivity contribution in [1.82, 2.24) is 5.32 Å². The fraction of sp³-hybridized carbons (Fsp3) is 0.321. The van der Waals surface area contributed by atoms with Crippen molar-refractivity contribution in [2.75, 3.05) is 0 Å². The molecule has 0 radical (unpaired) electrons. The summed E-state index contributed by atoms with van der Waals surface area (Å²) in [5.74, 6) is 0.701. The second-order valence-electron chi connectivity index (χ2n) is 8.36. The van der Waals surface area contributed by atoms with E-state index in [0.29, 0.717) is 6.42 Å². The Kier molecular flexibility index (Phi) is 6.71. The highest BCUT2D eigenvalue weighted by molar-refractivity contribution is 5.82. The minimum absolute atomic E-state index is 0.0858. The van der Waals surface area contributed by atoms with E-state index in [9.17, 15) is 4.79 Å². The molecule has 1 aliphatic carbocycles. The number of carbonyl (C=O) groups is 1. The Balaban J connectivity index is 1.55. The molecule has 4 rings (SSSR count). The zero-order valence-electron chi connectivity index (χ0n) is 18.4. The number of amides is 1. The molecular weight excluding hydrogens is 382 g/mol. The third kappa shape index (κ3) is 4.99. The van der Waals surface area contributed by atoms with Crippen LogP contribution in [-0.2, 0) is 17.6 Å². The van der Waals surface area contributed by atoms with Crippen molar-refractivity contribution < 1.29 is 9.53 Å². The van der Waals surface area contributed by atoms with Gasteiger partial charge < -0.3 is 10.1 Å². The van der Waals surface area contributed by atoms with Gasteiger partial charge in [-0.25, -0.2) is 0 Å². The number of ether oxygens (including phenoxy) is 1. The number of hydrogen-bond acceptors (Lipinski definition) is 2. The Hall–Kier alpha value is -3.07.